The van der Waals surface area contributed by atoms with Crippen LogP contribution in [-0.4, -0.2) is 31.4 Å². The van der Waals surface area contributed by atoms with Gasteiger partial charge < -0.3 is 5.32 Å². The normalized spacial score (nSPS) is 11.5. The molecule has 0 aliphatic rings. The Bertz CT molecular complexity index is 804. The van der Waals surface area contributed by atoms with Crippen LogP contribution in [0.4, 0.5) is 0 Å². The first-order chi connectivity index (χ1) is 11.9. The molecule has 134 valence electrons. The Morgan fingerprint density at radius 1 is 1.04 bits per heavy atom. The zero-order valence-corrected chi connectivity index (χ0v) is 15.4. The number of hydrogen-bond acceptors (Lipinski definition) is 3. The maximum Gasteiger partial charge on any atom is 0.221 e. The van der Waals surface area contributed by atoms with Crippen LogP contribution in [0.3, 0.4) is 0 Å². The van der Waals surface area contributed by atoms with E-state index in [0.29, 0.717) is 13.1 Å². The van der Waals surface area contributed by atoms with Gasteiger partial charge in [-0.3, -0.25) is 4.79 Å². The lowest BCUT2D eigenvalue weighted by atomic mass is 10.1. The molecular formula is C19H24N2O3S. The first kappa shape index (κ1) is 19.1. The molecule has 0 fully saturated rings. The molecule has 6 heteroatoms. The second kappa shape index (κ2) is 8.78. The smallest absolute Gasteiger partial charge is 0.221 e. The summed E-state index contributed by atoms with van der Waals surface area (Å²) < 4.78 is 25.9. The average Bonchev–Trinajstić information content (AvgIpc) is 2.59. The summed E-state index contributed by atoms with van der Waals surface area (Å²) in [6, 6.07) is 17.2. The Balaban J connectivity index is 1.81. The fourth-order valence-electron chi connectivity index (χ4n) is 2.43. The molecule has 0 bridgehead atoms. The van der Waals surface area contributed by atoms with Gasteiger partial charge >= 0.3 is 0 Å². The van der Waals surface area contributed by atoms with Crippen molar-refractivity contribution < 1.29 is 13.2 Å². The Morgan fingerprint density at radius 3 is 2.40 bits per heavy atom. The summed E-state index contributed by atoms with van der Waals surface area (Å²) in [6.07, 6.45) is -0.0483. The number of sulfonamides is 1. The van der Waals surface area contributed by atoms with E-state index in [1.165, 1.54) is 11.4 Å². The van der Waals surface area contributed by atoms with Crippen LogP contribution in [0, 0.1) is 6.92 Å². The lowest BCUT2D eigenvalue weighted by Crippen LogP contribution is -2.32. The van der Waals surface area contributed by atoms with E-state index < -0.39 is 10.0 Å². The molecule has 0 unspecified atom stereocenters. The molecular weight excluding hydrogens is 336 g/mol. The number of nitrogens with zero attached hydrogens (tertiary/aromatic N) is 1. The van der Waals surface area contributed by atoms with Crippen LogP contribution in [-0.2, 0) is 27.9 Å². The van der Waals surface area contributed by atoms with E-state index in [1.807, 2.05) is 61.5 Å². The standard InChI is InChI=1S/C19H24N2O3S/c1-16-7-6-10-18(13-16)14-20-19(22)11-12-25(23,24)21(2)15-17-8-4-3-5-9-17/h3-10,13H,11-12,14-15H2,1-2H3,(H,20,22). The van der Waals surface area contributed by atoms with Gasteiger partial charge in [0.25, 0.3) is 0 Å². The minimum Gasteiger partial charge on any atom is -0.352 e. The Kier molecular flexibility index (Phi) is 6.73. The predicted molar refractivity (Wildman–Crippen MR) is 99.3 cm³/mol. The van der Waals surface area contributed by atoms with Crippen LogP contribution < -0.4 is 5.32 Å². The zero-order valence-electron chi connectivity index (χ0n) is 14.6. The summed E-state index contributed by atoms with van der Waals surface area (Å²) >= 11 is 0. The molecule has 0 radical (unpaired) electrons. The van der Waals surface area contributed by atoms with Gasteiger partial charge in [-0.1, -0.05) is 60.2 Å². The van der Waals surface area contributed by atoms with Gasteiger partial charge in [0.05, 0.1) is 5.75 Å². The molecule has 25 heavy (non-hydrogen) atoms. The van der Waals surface area contributed by atoms with Crippen LogP contribution in [0.2, 0.25) is 0 Å². The number of benzene rings is 2. The molecule has 1 amide bonds. The third-order valence-corrected chi connectivity index (χ3v) is 5.68. The minimum absolute atomic E-state index is 0.0483. The van der Waals surface area contributed by atoms with Crippen LogP contribution in [0.25, 0.3) is 0 Å². The van der Waals surface area contributed by atoms with Crippen molar-refractivity contribution in [1.82, 2.24) is 9.62 Å². The van der Waals surface area contributed by atoms with E-state index >= 15 is 0 Å². The molecule has 0 atom stereocenters. The fourth-order valence-corrected chi connectivity index (χ4v) is 3.53. The number of rotatable bonds is 8. The third kappa shape index (κ3) is 6.32. The molecule has 2 aromatic carbocycles. The van der Waals surface area contributed by atoms with Crippen molar-refractivity contribution in [2.75, 3.05) is 12.8 Å². The van der Waals surface area contributed by atoms with Crippen molar-refractivity contribution in [2.24, 2.45) is 0 Å². The van der Waals surface area contributed by atoms with Gasteiger partial charge in [-0.15, -0.1) is 0 Å². The largest absolute Gasteiger partial charge is 0.352 e. The maximum atomic E-state index is 12.3. The molecule has 0 saturated heterocycles. The molecule has 2 aromatic rings. The van der Waals surface area contributed by atoms with E-state index in [1.54, 1.807) is 0 Å². The summed E-state index contributed by atoms with van der Waals surface area (Å²) in [7, 11) is -1.94. The summed E-state index contributed by atoms with van der Waals surface area (Å²) in [5.74, 6) is -0.464. The van der Waals surface area contributed by atoms with Gasteiger partial charge in [0.1, 0.15) is 0 Å². The number of aryl methyl sites for hydroxylation is 1. The summed E-state index contributed by atoms with van der Waals surface area (Å²) in [5.41, 5.74) is 3.03. The lowest BCUT2D eigenvalue weighted by Gasteiger charge is -2.17. The molecule has 1 N–H and O–H groups in total. The summed E-state index contributed by atoms with van der Waals surface area (Å²) in [4.78, 5) is 11.9. The number of hydrogen-bond donors (Lipinski definition) is 1. The van der Waals surface area contributed by atoms with Crippen LogP contribution in [0.15, 0.2) is 54.6 Å². The van der Waals surface area contributed by atoms with E-state index in [-0.39, 0.29) is 18.1 Å². The summed E-state index contributed by atoms with van der Waals surface area (Å²) in [5, 5.41) is 2.77. The minimum atomic E-state index is -3.47. The van der Waals surface area contributed by atoms with Gasteiger partial charge in [0.2, 0.25) is 15.9 Å². The fraction of sp³-hybridized carbons (Fsp3) is 0.316. The number of carbonyl (C=O) groups is 1. The monoisotopic (exact) mass is 360 g/mol. The van der Waals surface area contributed by atoms with Crippen molar-refractivity contribution in [2.45, 2.75) is 26.4 Å². The first-order valence-electron chi connectivity index (χ1n) is 8.17. The van der Waals surface area contributed by atoms with Crippen molar-refractivity contribution in [3.05, 3.63) is 71.3 Å². The SMILES string of the molecule is Cc1cccc(CNC(=O)CCS(=O)(=O)N(C)Cc2ccccc2)c1. The van der Waals surface area contributed by atoms with E-state index in [0.717, 1.165) is 16.7 Å². The van der Waals surface area contributed by atoms with Gasteiger partial charge in [-0.25, -0.2) is 12.7 Å². The lowest BCUT2D eigenvalue weighted by molar-refractivity contribution is -0.120. The molecule has 5 nitrogen and oxygen atoms in total. The third-order valence-electron chi connectivity index (χ3n) is 3.88. The predicted octanol–water partition coefficient (Wildman–Crippen LogP) is 2.46. The van der Waals surface area contributed by atoms with E-state index in [2.05, 4.69) is 5.32 Å². The molecule has 0 spiro atoms. The molecule has 2 rings (SSSR count). The zero-order chi connectivity index (χ0) is 18.3. The Morgan fingerprint density at radius 2 is 1.72 bits per heavy atom. The van der Waals surface area contributed by atoms with Crippen molar-refractivity contribution in [3.63, 3.8) is 0 Å². The Labute approximate surface area is 149 Å². The van der Waals surface area contributed by atoms with Crippen molar-refractivity contribution in [1.29, 1.82) is 0 Å². The summed E-state index contributed by atoms with van der Waals surface area (Å²) in [6.45, 7) is 2.69. The highest BCUT2D eigenvalue weighted by Crippen LogP contribution is 2.08. The van der Waals surface area contributed by atoms with Gasteiger partial charge in [0, 0.05) is 26.6 Å². The topological polar surface area (TPSA) is 66.5 Å². The maximum absolute atomic E-state index is 12.3. The second-order valence-corrected chi connectivity index (χ2v) is 8.27. The molecule has 0 aliphatic heterocycles. The molecule has 0 saturated carbocycles. The molecule has 0 heterocycles. The highest BCUT2D eigenvalue weighted by Gasteiger charge is 2.19. The van der Waals surface area contributed by atoms with Crippen LogP contribution >= 0.6 is 0 Å². The van der Waals surface area contributed by atoms with Crippen molar-refractivity contribution in [3.8, 4) is 0 Å². The molecule has 0 aromatic heterocycles. The number of carbonyl (C=O) groups excluding carboxylic acids is 1. The quantitative estimate of drug-likeness (QED) is 0.786. The first-order valence-corrected chi connectivity index (χ1v) is 9.78. The molecule has 0 aliphatic carbocycles. The average molecular weight is 360 g/mol. The van der Waals surface area contributed by atoms with Crippen molar-refractivity contribution >= 4 is 15.9 Å². The van der Waals surface area contributed by atoms with E-state index in [9.17, 15) is 13.2 Å². The van der Waals surface area contributed by atoms with Crippen LogP contribution in [0.1, 0.15) is 23.1 Å². The van der Waals surface area contributed by atoms with E-state index in [4.69, 9.17) is 0 Å². The van der Waals surface area contributed by atoms with Gasteiger partial charge in [-0.05, 0) is 18.1 Å². The van der Waals surface area contributed by atoms with Gasteiger partial charge in [0.15, 0.2) is 0 Å². The Hall–Kier alpha value is -2.18. The van der Waals surface area contributed by atoms with Crippen LogP contribution in [0.5, 0.6) is 0 Å². The van der Waals surface area contributed by atoms with Gasteiger partial charge in [-0.2, -0.15) is 0 Å². The number of nitrogens with one attached hydrogen (secondary N) is 1. The highest BCUT2D eigenvalue weighted by atomic mass is 32.2. The number of amides is 1. The second-order valence-electron chi connectivity index (χ2n) is 6.07. The highest BCUT2D eigenvalue weighted by molar-refractivity contribution is 7.89.